The van der Waals surface area contributed by atoms with Crippen LogP contribution in [0.2, 0.25) is 5.15 Å². The van der Waals surface area contributed by atoms with Gasteiger partial charge in [0, 0.05) is 12.3 Å². The van der Waals surface area contributed by atoms with Gasteiger partial charge in [0.2, 0.25) is 20.0 Å². The zero-order chi connectivity index (χ0) is 15.4. The van der Waals surface area contributed by atoms with Gasteiger partial charge in [0.05, 0.1) is 18.2 Å². The highest BCUT2D eigenvalue weighted by molar-refractivity contribution is 8.09. The van der Waals surface area contributed by atoms with Gasteiger partial charge < -0.3 is 0 Å². The van der Waals surface area contributed by atoms with E-state index in [2.05, 4.69) is 4.98 Å². The summed E-state index contributed by atoms with van der Waals surface area (Å²) in [5, 5.41) is 0.0166. The van der Waals surface area contributed by atoms with Crippen molar-refractivity contribution in [3.8, 4) is 0 Å². The maximum atomic E-state index is 11.5. The lowest BCUT2D eigenvalue weighted by Crippen LogP contribution is -2.35. The molecule has 1 aromatic rings. The quantitative estimate of drug-likeness (QED) is 0.790. The molecule has 110 valence electrons. The minimum absolute atomic E-state index is 0.0166. The fourth-order valence-electron chi connectivity index (χ4n) is 1.29. The van der Waals surface area contributed by atoms with Gasteiger partial charge in [-0.25, -0.2) is 21.8 Å². The van der Waals surface area contributed by atoms with Gasteiger partial charge in [0.1, 0.15) is 5.15 Å². The highest BCUT2D eigenvalue weighted by Crippen LogP contribution is 2.26. The van der Waals surface area contributed by atoms with Gasteiger partial charge in [0.15, 0.2) is 0 Å². The van der Waals surface area contributed by atoms with Crippen LogP contribution < -0.4 is 3.71 Å². The molecule has 0 N–H and O–H groups in total. The Balaban J connectivity index is 0.00000154. The first kappa shape index (κ1) is 18.1. The van der Waals surface area contributed by atoms with Crippen molar-refractivity contribution in [3.63, 3.8) is 0 Å². The van der Waals surface area contributed by atoms with Crippen LogP contribution in [0.15, 0.2) is 12.3 Å². The first-order chi connectivity index (χ1) is 8.53. The summed E-state index contributed by atoms with van der Waals surface area (Å²) in [7, 11) is -7.91. The summed E-state index contributed by atoms with van der Waals surface area (Å²) in [4.78, 5) is 3.73. The molecule has 1 rings (SSSR count). The number of aromatic nitrogens is 1. The lowest BCUT2D eigenvalue weighted by molar-refractivity contribution is 0.590. The second-order valence-corrected chi connectivity index (χ2v) is 7.80. The van der Waals surface area contributed by atoms with E-state index in [1.165, 1.54) is 12.3 Å². The van der Waals surface area contributed by atoms with Gasteiger partial charge in [0.25, 0.3) is 0 Å². The Morgan fingerprint density at radius 1 is 1.11 bits per heavy atom. The number of sulfonamides is 2. The molecule has 0 aromatic carbocycles. The summed E-state index contributed by atoms with van der Waals surface area (Å²) >= 11 is 5.63. The van der Waals surface area contributed by atoms with Crippen LogP contribution >= 0.6 is 11.6 Å². The summed E-state index contributed by atoms with van der Waals surface area (Å²) in [5.41, 5.74) is 0.375. The minimum Gasteiger partial charge on any atom is -0.244 e. The van der Waals surface area contributed by atoms with Crippen LogP contribution in [0.5, 0.6) is 0 Å². The average molecular weight is 329 g/mol. The molecular weight excluding hydrogens is 312 g/mol. The van der Waals surface area contributed by atoms with Crippen molar-refractivity contribution < 1.29 is 16.8 Å². The van der Waals surface area contributed by atoms with E-state index in [1.54, 1.807) is 6.92 Å². The van der Waals surface area contributed by atoms with Crippen molar-refractivity contribution in [1.82, 2.24) is 4.98 Å². The largest absolute Gasteiger partial charge is 0.245 e. The standard InChI is InChI=1S/C8H11ClN2O4S2.C2H6/c1-6-5-10-8(9)4-7(6)11(16(2,12)13)17(3,14)15;1-2/h4-5H,1-3H3;1-2H3. The van der Waals surface area contributed by atoms with E-state index in [0.29, 0.717) is 9.27 Å². The number of rotatable bonds is 3. The molecule has 0 bridgehead atoms. The summed E-state index contributed by atoms with van der Waals surface area (Å²) in [6.07, 6.45) is 2.92. The number of nitrogens with zero attached hydrogens (tertiary/aromatic N) is 2. The molecule has 0 amide bonds. The van der Waals surface area contributed by atoms with E-state index in [1.807, 2.05) is 13.8 Å². The Morgan fingerprint density at radius 3 is 1.89 bits per heavy atom. The van der Waals surface area contributed by atoms with E-state index < -0.39 is 20.0 Å². The number of aryl methyl sites for hydroxylation is 1. The molecule has 0 saturated heterocycles. The molecule has 6 nitrogen and oxygen atoms in total. The summed E-state index contributed by atoms with van der Waals surface area (Å²) in [6.45, 7) is 5.54. The predicted molar refractivity (Wildman–Crippen MR) is 77.5 cm³/mol. The zero-order valence-corrected chi connectivity index (χ0v) is 13.8. The molecule has 0 atom stereocenters. The van der Waals surface area contributed by atoms with Gasteiger partial charge in [-0.2, -0.15) is 3.71 Å². The van der Waals surface area contributed by atoms with Gasteiger partial charge in [-0.15, -0.1) is 0 Å². The van der Waals surface area contributed by atoms with Crippen molar-refractivity contribution in [2.75, 3.05) is 16.2 Å². The van der Waals surface area contributed by atoms with Crippen LogP contribution in [0.3, 0.4) is 0 Å². The molecule has 1 heterocycles. The highest BCUT2D eigenvalue weighted by Gasteiger charge is 2.28. The Labute approximate surface area is 119 Å². The zero-order valence-electron chi connectivity index (χ0n) is 11.4. The molecule has 0 aliphatic carbocycles. The highest BCUT2D eigenvalue weighted by atomic mass is 35.5. The van der Waals surface area contributed by atoms with Gasteiger partial charge in [-0.05, 0) is 12.5 Å². The number of hydrogen-bond acceptors (Lipinski definition) is 5. The van der Waals surface area contributed by atoms with Crippen LogP contribution in [0.25, 0.3) is 0 Å². The molecule has 0 aliphatic heterocycles. The maximum Gasteiger partial charge on any atom is 0.245 e. The van der Waals surface area contributed by atoms with Crippen LogP contribution in [0.4, 0.5) is 5.69 Å². The first-order valence-corrected chi connectivity index (χ1v) is 9.43. The predicted octanol–water partition coefficient (Wildman–Crippen LogP) is 1.80. The van der Waals surface area contributed by atoms with Crippen molar-refractivity contribution in [1.29, 1.82) is 0 Å². The third-order valence-electron chi connectivity index (χ3n) is 1.84. The molecule has 9 heteroatoms. The Bertz CT molecular complexity index is 609. The molecule has 1 aromatic heterocycles. The fourth-order valence-corrected chi connectivity index (χ4v) is 4.52. The molecule has 0 spiro atoms. The average Bonchev–Trinajstić information content (AvgIpc) is 2.22. The summed E-state index contributed by atoms with van der Waals surface area (Å²) in [6, 6.07) is 1.19. The number of pyridine rings is 1. The van der Waals surface area contributed by atoms with Crippen molar-refractivity contribution in [3.05, 3.63) is 23.0 Å². The Hall–Kier alpha value is -0.860. The molecule has 0 radical (unpaired) electrons. The van der Waals surface area contributed by atoms with Crippen molar-refractivity contribution in [2.45, 2.75) is 20.8 Å². The smallest absolute Gasteiger partial charge is 0.244 e. The monoisotopic (exact) mass is 328 g/mol. The third-order valence-corrected chi connectivity index (χ3v) is 5.27. The van der Waals surface area contributed by atoms with Gasteiger partial charge in [-0.1, -0.05) is 25.4 Å². The van der Waals surface area contributed by atoms with E-state index in [0.717, 1.165) is 12.5 Å². The molecular formula is C10H17ClN2O4S2. The van der Waals surface area contributed by atoms with Gasteiger partial charge in [-0.3, -0.25) is 0 Å². The second-order valence-electron chi connectivity index (χ2n) is 3.52. The molecule has 0 saturated carbocycles. The first-order valence-electron chi connectivity index (χ1n) is 5.36. The normalized spacial score (nSPS) is 11.5. The van der Waals surface area contributed by atoms with Crippen LogP contribution in [-0.4, -0.2) is 34.3 Å². The Kier molecular flexibility index (Phi) is 6.24. The van der Waals surface area contributed by atoms with Crippen LogP contribution in [-0.2, 0) is 20.0 Å². The maximum absolute atomic E-state index is 11.5. The van der Waals surface area contributed by atoms with E-state index in [9.17, 15) is 16.8 Å². The second kappa shape index (κ2) is 6.53. The van der Waals surface area contributed by atoms with Crippen LogP contribution in [0, 0.1) is 6.92 Å². The van der Waals surface area contributed by atoms with E-state index >= 15 is 0 Å². The number of anilines is 1. The number of halogens is 1. The Morgan fingerprint density at radius 2 is 1.53 bits per heavy atom. The lowest BCUT2D eigenvalue weighted by Gasteiger charge is -2.21. The third kappa shape index (κ3) is 4.96. The summed E-state index contributed by atoms with van der Waals surface area (Å²) < 4.78 is 46.4. The molecule has 19 heavy (non-hydrogen) atoms. The van der Waals surface area contributed by atoms with E-state index in [4.69, 9.17) is 11.6 Å². The summed E-state index contributed by atoms with van der Waals surface area (Å²) in [5.74, 6) is 0. The fraction of sp³-hybridized carbons (Fsp3) is 0.500. The molecule has 0 aliphatic rings. The lowest BCUT2D eigenvalue weighted by atomic mass is 10.3. The minimum atomic E-state index is -3.96. The topological polar surface area (TPSA) is 84.4 Å². The van der Waals surface area contributed by atoms with E-state index in [-0.39, 0.29) is 10.8 Å². The number of hydrogen-bond donors (Lipinski definition) is 0. The molecule has 0 fully saturated rings. The molecule has 0 unspecified atom stereocenters. The van der Waals surface area contributed by atoms with Crippen molar-refractivity contribution >= 4 is 37.3 Å². The van der Waals surface area contributed by atoms with Crippen LogP contribution in [0.1, 0.15) is 19.4 Å². The SMILES string of the molecule is CC.Cc1cnc(Cl)cc1N(S(C)(=O)=O)S(C)(=O)=O. The van der Waals surface area contributed by atoms with Gasteiger partial charge >= 0.3 is 0 Å². The van der Waals surface area contributed by atoms with Crippen molar-refractivity contribution in [2.24, 2.45) is 0 Å².